The van der Waals surface area contributed by atoms with E-state index in [1.54, 1.807) is 0 Å². The molecule has 0 bridgehead atoms. The second kappa shape index (κ2) is 11.9. The second-order valence-electron chi connectivity index (χ2n) is 9.08. The first-order valence-electron chi connectivity index (χ1n) is 11.7. The van der Waals surface area contributed by atoms with Crippen molar-refractivity contribution in [1.82, 2.24) is 9.80 Å². The summed E-state index contributed by atoms with van der Waals surface area (Å²) in [6, 6.07) is 8.49. The fourth-order valence-corrected chi connectivity index (χ4v) is 4.52. The van der Waals surface area contributed by atoms with Crippen LogP contribution in [0.1, 0.15) is 52.4 Å². The molecule has 6 nitrogen and oxygen atoms in total. The van der Waals surface area contributed by atoms with Crippen LogP contribution >= 0.6 is 0 Å². The van der Waals surface area contributed by atoms with Crippen molar-refractivity contribution in [2.75, 3.05) is 39.4 Å². The van der Waals surface area contributed by atoms with Crippen LogP contribution in [0.2, 0.25) is 0 Å². The van der Waals surface area contributed by atoms with Crippen LogP contribution in [0, 0.1) is 0 Å². The number of hydrogen-bond donors (Lipinski definition) is 2. The van der Waals surface area contributed by atoms with Gasteiger partial charge in [0, 0.05) is 25.2 Å². The van der Waals surface area contributed by atoms with Crippen LogP contribution in [-0.4, -0.2) is 83.7 Å². The van der Waals surface area contributed by atoms with Crippen LogP contribution in [-0.2, 0) is 0 Å². The third kappa shape index (κ3) is 7.41. The van der Waals surface area contributed by atoms with Crippen LogP contribution in [0.25, 0.3) is 0 Å². The number of piperidine rings is 2. The Morgan fingerprint density at radius 3 is 1.53 bits per heavy atom. The second-order valence-corrected chi connectivity index (χ2v) is 9.08. The third-order valence-electron chi connectivity index (χ3n) is 6.48. The van der Waals surface area contributed by atoms with Crippen LogP contribution in [0.5, 0.6) is 11.5 Å². The Kier molecular flexibility index (Phi) is 9.25. The summed E-state index contributed by atoms with van der Waals surface area (Å²) in [5.41, 5.74) is 0. The van der Waals surface area contributed by atoms with Gasteiger partial charge in [0.2, 0.25) is 0 Å². The number of aliphatic hydroxyl groups is 2. The van der Waals surface area contributed by atoms with Crippen LogP contribution in [0.3, 0.4) is 0 Å². The zero-order chi connectivity index (χ0) is 21.3. The summed E-state index contributed by atoms with van der Waals surface area (Å²) < 4.78 is 11.5. The molecule has 0 radical (unpaired) electrons. The third-order valence-corrected chi connectivity index (χ3v) is 6.48. The van der Waals surface area contributed by atoms with E-state index in [0.29, 0.717) is 25.2 Å². The fourth-order valence-electron chi connectivity index (χ4n) is 4.52. The number of likely N-dealkylation sites (tertiary alicyclic amines) is 2. The Morgan fingerprint density at radius 1 is 0.767 bits per heavy atom. The smallest absolute Gasteiger partial charge is 0.119 e. The topological polar surface area (TPSA) is 65.4 Å². The molecule has 2 saturated heterocycles. The van der Waals surface area contributed by atoms with E-state index < -0.39 is 12.2 Å². The van der Waals surface area contributed by atoms with Gasteiger partial charge >= 0.3 is 0 Å². The molecule has 0 saturated carbocycles. The molecule has 0 unspecified atom stereocenters. The highest BCUT2D eigenvalue weighted by Crippen LogP contribution is 2.20. The summed E-state index contributed by atoms with van der Waals surface area (Å²) in [7, 11) is 0. The minimum Gasteiger partial charge on any atom is -0.491 e. The molecule has 2 aliphatic heterocycles. The predicted octanol–water partition coefficient (Wildman–Crippen LogP) is 2.91. The number of hydrogen-bond acceptors (Lipinski definition) is 6. The van der Waals surface area contributed by atoms with Gasteiger partial charge in [-0.25, -0.2) is 0 Å². The summed E-state index contributed by atoms with van der Waals surface area (Å²) >= 11 is 0. The van der Waals surface area contributed by atoms with E-state index in [0.717, 1.165) is 24.6 Å². The maximum Gasteiger partial charge on any atom is 0.119 e. The molecule has 2 aliphatic rings. The zero-order valence-corrected chi connectivity index (χ0v) is 18.7. The van der Waals surface area contributed by atoms with E-state index in [9.17, 15) is 10.2 Å². The van der Waals surface area contributed by atoms with E-state index in [1.807, 2.05) is 24.3 Å². The van der Waals surface area contributed by atoms with Crippen molar-refractivity contribution in [2.45, 2.75) is 76.7 Å². The molecule has 3 rings (SSSR count). The van der Waals surface area contributed by atoms with Crippen molar-refractivity contribution < 1.29 is 19.7 Å². The van der Waals surface area contributed by atoms with Gasteiger partial charge in [-0.1, -0.05) is 12.8 Å². The van der Waals surface area contributed by atoms with Crippen molar-refractivity contribution in [3.8, 4) is 11.5 Å². The number of nitrogens with zero attached hydrogens (tertiary/aromatic N) is 2. The fraction of sp³-hybridized carbons (Fsp3) is 0.750. The first kappa shape index (κ1) is 23.3. The Labute approximate surface area is 181 Å². The molecule has 0 spiro atoms. The zero-order valence-electron chi connectivity index (χ0n) is 18.7. The lowest BCUT2D eigenvalue weighted by Gasteiger charge is -2.34. The molecular formula is C24H40N2O4. The Balaban J connectivity index is 1.35. The first-order valence-corrected chi connectivity index (χ1v) is 11.7. The summed E-state index contributed by atoms with van der Waals surface area (Å²) in [4.78, 5) is 4.70. The van der Waals surface area contributed by atoms with Crippen molar-refractivity contribution in [2.24, 2.45) is 0 Å². The highest BCUT2D eigenvalue weighted by molar-refractivity contribution is 5.31. The van der Waals surface area contributed by atoms with Gasteiger partial charge < -0.3 is 19.7 Å². The molecule has 170 valence electrons. The van der Waals surface area contributed by atoms with Crippen LogP contribution < -0.4 is 9.47 Å². The van der Waals surface area contributed by atoms with E-state index in [4.69, 9.17) is 9.47 Å². The normalized spacial score (nSPS) is 25.6. The highest BCUT2D eigenvalue weighted by Gasteiger charge is 2.22. The molecule has 4 atom stereocenters. The van der Waals surface area contributed by atoms with E-state index in [-0.39, 0.29) is 13.2 Å². The van der Waals surface area contributed by atoms with Gasteiger partial charge in [-0.2, -0.15) is 0 Å². The first-order chi connectivity index (χ1) is 14.5. The molecule has 2 N–H and O–H groups in total. The average molecular weight is 421 g/mol. The molecule has 2 fully saturated rings. The maximum atomic E-state index is 10.3. The quantitative estimate of drug-likeness (QED) is 0.607. The lowest BCUT2D eigenvalue weighted by molar-refractivity contribution is 0.0428. The summed E-state index contributed by atoms with van der Waals surface area (Å²) in [6.07, 6.45) is 6.43. The SMILES string of the molecule is C[C@H]1CCCCN1C[C@@H](O)COc1ccc(OC[C@H](O)CN2CCCC[C@@H]2C)cc1. The van der Waals surface area contributed by atoms with E-state index in [2.05, 4.69) is 23.6 Å². The van der Waals surface area contributed by atoms with Crippen LogP contribution in [0.4, 0.5) is 0 Å². The number of benzene rings is 1. The molecule has 30 heavy (non-hydrogen) atoms. The van der Waals surface area contributed by atoms with Gasteiger partial charge in [0.25, 0.3) is 0 Å². The molecule has 1 aromatic carbocycles. The summed E-state index contributed by atoms with van der Waals surface area (Å²) in [6.45, 7) is 8.49. The molecular weight excluding hydrogens is 380 g/mol. The lowest BCUT2D eigenvalue weighted by atomic mass is 10.0. The molecule has 6 heteroatoms. The molecule has 0 amide bonds. The number of β-amino-alcohol motifs (C(OH)–C–C–N with tert-alkyl or cyclic N) is 2. The van der Waals surface area contributed by atoms with Gasteiger partial charge in [0.15, 0.2) is 0 Å². The van der Waals surface area contributed by atoms with E-state index in [1.165, 1.54) is 38.5 Å². The Morgan fingerprint density at radius 2 is 1.17 bits per heavy atom. The monoisotopic (exact) mass is 420 g/mol. The average Bonchev–Trinajstić information content (AvgIpc) is 2.75. The molecule has 1 aromatic rings. The van der Waals surface area contributed by atoms with E-state index >= 15 is 0 Å². The minimum atomic E-state index is -0.492. The van der Waals surface area contributed by atoms with Gasteiger partial charge in [-0.15, -0.1) is 0 Å². The van der Waals surface area contributed by atoms with Crippen molar-refractivity contribution in [3.63, 3.8) is 0 Å². The van der Waals surface area contributed by atoms with Gasteiger partial charge in [0.05, 0.1) is 0 Å². The molecule has 0 aliphatic carbocycles. The predicted molar refractivity (Wildman–Crippen MR) is 119 cm³/mol. The minimum absolute atomic E-state index is 0.288. The number of ether oxygens (including phenoxy) is 2. The number of aliphatic hydroxyl groups excluding tert-OH is 2. The number of rotatable bonds is 10. The van der Waals surface area contributed by atoms with Gasteiger partial charge in [-0.05, 0) is 76.9 Å². The van der Waals surface area contributed by atoms with Gasteiger partial charge in [0.1, 0.15) is 36.9 Å². The van der Waals surface area contributed by atoms with Crippen LogP contribution in [0.15, 0.2) is 24.3 Å². The van der Waals surface area contributed by atoms with Gasteiger partial charge in [-0.3, -0.25) is 9.80 Å². The Bertz CT molecular complexity index is 559. The standard InChI is InChI=1S/C24H40N2O4/c1-19-7-3-5-13-25(19)15-21(27)17-29-23-9-11-24(12-10-23)30-18-22(28)16-26-14-6-4-8-20(26)2/h9-12,19-22,27-28H,3-8,13-18H2,1-2H3/t19-,20-,21+,22+/m0/s1. The largest absolute Gasteiger partial charge is 0.491 e. The van der Waals surface area contributed by atoms with Crippen molar-refractivity contribution >= 4 is 0 Å². The Hall–Kier alpha value is -1.34. The summed E-state index contributed by atoms with van der Waals surface area (Å²) in [5, 5.41) is 20.6. The molecule has 2 heterocycles. The maximum absolute atomic E-state index is 10.3. The van der Waals surface area contributed by atoms with Crippen molar-refractivity contribution in [3.05, 3.63) is 24.3 Å². The summed E-state index contributed by atoms with van der Waals surface area (Å²) in [5.74, 6) is 1.44. The highest BCUT2D eigenvalue weighted by atomic mass is 16.5. The van der Waals surface area contributed by atoms with Crippen molar-refractivity contribution in [1.29, 1.82) is 0 Å². The molecule has 0 aromatic heterocycles. The lowest BCUT2D eigenvalue weighted by Crippen LogP contribution is -2.43.